The lowest BCUT2D eigenvalue weighted by Crippen LogP contribution is -2.23. The van der Waals surface area contributed by atoms with Crippen LogP contribution < -0.4 is 5.32 Å². The lowest BCUT2D eigenvalue weighted by atomic mass is 10.1. The molecule has 0 spiro atoms. The number of hydrogen-bond donors (Lipinski definition) is 1. The Kier molecular flexibility index (Phi) is 4.35. The van der Waals surface area contributed by atoms with Crippen molar-refractivity contribution in [2.75, 3.05) is 13.1 Å². The first-order chi connectivity index (χ1) is 11.8. The van der Waals surface area contributed by atoms with Crippen molar-refractivity contribution in [3.8, 4) is 0 Å². The first-order valence-electron chi connectivity index (χ1n) is 8.97. The van der Waals surface area contributed by atoms with Gasteiger partial charge in [0, 0.05) is 24.1 Å². The van der Waals surface area contributed by atoms with Gasteiger partial charge in [0.1, 0.15) is 0 Å². The Bertz CT molecular complexity index is 690. The Balaban J connectivity index is 1.33. The van der Waals surface area contributed by atoms with Gasteiger partial charge in [0.15, 0.2) is 0 Å². The van der Waals surface area contributed by atoms with Crippen LogP contribution in [0.5, 0.6) is 0 Å². The summed E-state index contributed by atoms with van der Waals surface area (Å²) in [6.07, 6.45) is 3.98. The van der Waals surface area contributed by atoms with Crippen LogP contribution in [0.3, 0.4) is 0 Å². The molecule has 0 aromatic heterocycles. The van der Waals surface area contributed by atoms with Crippen LogP contribution in [0.25, 0.3) is 0 Å². The average molecular weight is 320 g/mol. The number of carbonyl (C=O) groups is 1. The average Bonchev–Trinajstić information content (AvgIpc) is 3.25. The van der Waals surface area contributed by atoms with Crippen LogP contribution in [0.2, 0.25) is 0 Å². The monoisotopic (exact) mass is 320 g/mol. The van der Waals surface area contributed by atoms with E-state index in [1.807, 2.05) is 42.5 Å². The molecular formula is C21H24N2O. The van der Waals surface area contributed by atoms with Crippen molar-refractivity contribution in [1.82, 2.24) is 10.2 Å². The number of hydrogen-bond acceptors (Lipinski definition) is 2. The van der Waals surface area contributed by atoms with E-state index in [4.69, 9.17) is 0 Å². The maximum atomic E-state index is 12.3. The van der Waals surface area contributed by atoms with Crippen LogP contribution in [-0.2, 0) is 6.54 Å². The highest BCUT2D eigenvalue weighted by molar-refractivity contribution is 5.94. The van der Waals surface area contributed by atoms with E-state index >= 15 is 0 Å². The van der Waals surface area contributed by atoms with Crippen molar-refractivity contribution in [1.29, 1.82) is 0 Å². The Morgan fingerprint density at radius 2 is 1.71 bits per heavy atom. The molecule has 2 aromatic carbocycles. The van der Waals surface area contributed by atoms with Gasteiger partial charge in [-0.1, -0.05) is 42.5 Å². The Hall–Kier alpha value is -2.13. The predicted octanol–water partition coefficient (Wildman–Crippen LogP) is 3.57. The second-order valence-corrected chi connectivity index (χ2v) is 6.94. The molecule has 1 N–H and O–H groups in total. The summed E-state index contributed by atoms with van der Waals surface area (Å²) in [5.74, 6) is 0.668. The Labute approximate surface area is 143 Å². The minimum atomic E-state index is -0.00251. The summed E-state index contributed by atoms with van der Waals surface area (Å²) >= 11 is 0. The molecule has 0 radical (unpaired) electrons. The van der Waals surface area contributed by atoms with E-state index in [-0.39, 0.29) is 5.91 Å². The highest BCUT2D eigenvalue weighted by Gasteiger charge is 2.43. The molecule has 2 aliphatic rings. The molecule has 1 heterocycles. The number of nitrogens with zero attached hydrogens (tertiary/aromatic N) is 1. The Morgan fingerprint density at radius 1 is 1.00 bits per heavy atom. The molecule has 1 saturated heterocycles. The molecule has 2 fully saturated rings. The highest BCUT2D eigenvalue weighted by Crippen LogP contribution is 2.45. The van der Waals surface area contributed by atoms with Gasteiger partial charge >= 0.3 is 0 Å². The zero-order valence-electron chi connectivity index (χ0n) is 13.9. The quantitative estimate of drug-likeness (QED) is 0.913. The fraction of sp³-hybridized carbons (Fsp3) is 0.381. The molecule has 2 atom stereocenters. The minimum Gasteiger partial charge on any atom is -0.348 e. The summed E-state index contributed by atoms with van der Waals surface area (Å²) in [4.78, 5) is 14.9. The maximum Gasteiger partial charge on any atom is 0.251 e. The van der Waals surface area contributed by atoms with Gasteiger partial charge in [-0.15, -0.1) is 0 Å². The molecule has 4 rings (SSSR count). The summed E-state index contributed by atoms with van der Waals surface area (Å²) in [7, 11) is 0. The second-order valence-electron chi connectivity index (χ2n) is 6.94. The van der Waals surface area contributed by atoms with Crippen LogP contribution in [0, 0.1) is 0 Å². The SMILES string of the molecule is O=C(NCc1ccccc1)c1ccc(C2CC2N2CCCC2)cc1. The Morgan fingerprint density at radius 3 is 2.42 bits per heavy atom. The molecular weight excluding hydrogens is 296 g/mol. The lowest BCUT2D eigenvalue weighted by molar-refractivity contribution is 0.0951. The molecule has 3 nitrogen and oxygen atoms in total. The third-order valence-corrected chi connectivity index (χ3v) is 5.26. The van der Waals surface area contributed by atoms with E-state index < -0.39 is 0 Å². The standard InChI is InChI=1S/C21H24N2O/c24-21(22-15-16-6-2-1-3-7-16)18-10-8-17(9-11-18)19-14-20(19)23-12-4-5-13-23/h1-3,6-11,19-20H,4-5,12-15H2,(H,22,24). The molecule has 124 valence electrons. The molecule has 1 saturated carbocycles. The van der Waals surface area contributed by atoms with Crippen LogP contribution in [-0.4, -0.2) is 29.9 Å². The number of rotatable bonds is 5. The van der Waals surface area contributed by atoms with Gasteiger partial charge in [-0.05, 0) is 55.6 Å². The molecule has 1 amide bonds. The number of carbonyl (C=O) groups excluding carboxylic acids is 1. The fourth-order valence-corrected chi connectivity index (χ4v) is 3.78. The summed E-state index contributed by atoms with van der Waals surface area (Å²) in [6, 6.07) is 19.0. The van der Waals surface area contributed by atoms with Crippen LogP contribution in [0.15, 0.2) is 54.6 Å². The normalized spacial score (nSPS) is 23.2. The van der Waals surface area contributed by atoms with Crippen molar-refractivity contribution >= 4 is 5.91 Å². The van der Waals surface area contributed by atoms with Gasteiger partial charge < -0.3 is 5.32 Å². The summed E-state index contributed by atoms with van der Waals surface area (Å²) in [5, 5.41) is 2.99. The van der Waals surface area contributed by atoms with E-state index in [1.165, 1.54) is 37.9 Å². The maximum absolute atomic E-state index is 12.3. The molecule has 3 heteroatoms. The third kappa shape index (κ3) is 3.36. The summed E-state index contributed by atoms with van der Waals surface area (Å²) in [5.41, 5.74) is 3.24. The van der Waals surface area contributed by atoms with Crippen molar-refractivity contribution in [2.24, 2.45) is 0 Å². The van der Waals surface area contributed by atoms with Crippen molar-refractivity contribution < 1.29 is 4.79 Å². The number of nitrogens with one attached hydrogen (secondary N) is 1. The van der Waals surface area contributed by atoms with E-state index in [0.29, 0.717) is 12.5 Å². The van der Waals surface area contributed by atoms with Crippen LogP contribution in [0.4, 0.5) is 0 Å². The smallest absolute Gasteiger partial charge is 0.251 e. The zero-order chi connectivity index (χ0) is 16.4. The highest BCUT2D eigenvalue weighted by atomic mass is 16.1. The number of amides is 1. The predicted molar refractivity (Wildman–Crippen MR) is 96.0 cm³/mol. The largest absolute Gasteiger partial charge is 0.348 e. The van der Waals surface area contributed by atoms with E-state index in [2.05, 4.69) is 22.3 Å². The first kappa shape index (κ1) is 15.4. The van der Waals surface area contributed by atoms with E-state index in [9.17, 15) is 4.79 Å². The second kappa shape index (κ2) is 6.78. The van der Waals surface area contributed by atoms with Gasteiger partial charge in [-0.2, -0.15) is 0 Å². The van der Waals surface area contributed by atoms with Gasteiger partial charge in [-0.25, -0.2) is 0 Å². The lowest BCUT2D eigenvalue weighted by Gasteiger charge is -2.14. The van der Waals surface area contributed by atoms with Crippen LogP contribution in [0.1, 0.15) is 46.7 Å². The summed E-state index contributed by atoms with van der Waals surface area (Å²) in [6.45, 7) is 3.10. The van der Waals surface area contributed by atoms with Gasteiger partial charge in [-0.3, -0.25) is 9.69 Å². The number of benzene rings is 2. The molecule has 0 bridgehead atoms. The van der Waals surface area contributed by atoms with Gasteiger partial charge in [0.05, 0.1) is 0 Å². The molecule has 1 aliphatic carbocycles. The molecule has 2 aromatic rings. The third-order valence-electron chi connectivity index (χ3n) is 5.26. The van der Waals surface area contributed by atoms with Crippen molar-refractivity contribution in [3.05, 3.63) is 71.3 Å². The van der Waals surface area contributed by atoms with E-state index in [0.717, 1.165) is 17.2 Å². The van der Waals surface area contributed by atoms with Crippen LogP contribution >= 0.6 is 0 Å². The molecule has 1 aliphatic heterocycles. The summed E-state index contributed by atoms with van der Waals surface area (Å²) < 4.78 is 0. The number of likely N-dealkylation sites (tertiary alicyclic amines) is 1. The van der Waals surface area contributed by atoms with Gasteiger partial charge in [0.2, 0.25) is 0 Å². The molecule has 24 heavy (non-hydrogen) atoms. The first-order valence-corrected chi connectivity index (χ1v) is 8.97. The topological polar surface area (TPSA) is 32.3 Å². The van der Waals surface area contributed by atoms with Crippen molar-refractivity contribution in [2.45, 2.75) is 37.8 Å². The van der Waals surface area contributed by atoms with Gasteiger partial charge in [0.25, 0.3) is 5.91 Å². The molecule has 2 unspecified atom stereocenters. The fourth-order valence-electron chi connectivity index (χ4n) is 3.78. The van der Waals surface area contributed by atoms with Crippen molar-refractivity contribution in [3.63, 3.8) is 0 Å². The van der Waals surface area contributed by atoms with E-state index in [1.54, 1.807) is 0 Å². The minimum absolute atomic E-state index is 0.00251. The zero-order valence-corrected chi connectivity index (χ0v) is 13.9.